The van der Waals surface area contributed by atoms with Gasteiger partial charge in [0.25, 0.3) is 11.8 Å². The summed E-state index contributed by atoms with van der Waals surface area (Å²) in [6, 6.07) is 10.6. The Balaban J connectivity index is 1.69. The predicted octanol–water partition coefficient (Wildman–Crippen LogP) is 1.95. The highest BCUT2D eigenvalue weighted by molar-refractivity contribution is 6.05. The minimum atomic E-state index is -0.293. The maximum atomic E-state index is 12.7. The standard InChI is InChI=1S/C20H22N4O3/c1-14-4-3-5-17(12-14)22-19(26)16-6-7-21-18(13-16)20(27)24-10-8-23(9-11-24)15(2)25/h3-7,12-13H,8-11H2,1-2H3,(H,22,26). The molecule has 2 heterocycles. The molecular weight excluding hydrogens is 344 g/mol. The summed E-state index contributed by atoms with van der Waals surface area (Å²) in [4.78, 5) is 44.1. The zero-order chi connectivity index (χ0) is 19.4. The summed E-state index contributed by atoms with van der Waals surface area (Å²) < 4.78 is 0. The minimum absolute atomic E-state index is 0.00930. The maximum absolute atomic E-state index is 12.7. The number of pyridine rings is 1. The lowest BCUT2D eigenvalue weighted by atomic mass is 10.1. The molecule has 0 saturated carbocycles. The number of carbonyl (C=O) groups is 3. The molecule has 7 heteroatoms. The quantitative estimate of drug-likeness (QED) is 0.900. The van der Waals surface area contributed by atoms with E-state index in [1.807, 2.05) is 31.2 Å². The fourth-order valence-electron chi connectivity index (χ4n) is 3.00. The lowest BCUT2D eigenvalue weighted by Crippen LogP contribution is -2.50. The molecule has 0 unspecified atom stereocenters. The fourth-order valence-corrected chi connectivity index (χ4v) is 3.00. The van der Waals surface area contributed by atoms with E-state index in [-0.39, 0.29) is 23.4 Å². The average molecular weight is 366 g/mol. The van der Waals surface area contributed by atoms with Gasteiger partial charge in [-0.2, -0.15) is 0 Å². The SMILES string of the molecule is CC(=O)N1CCN(C(=O)c2cc(C(=O)Nc3cccc(C)c3)ccn2)CC1. The number of benzene rings is 1. The van der Waals surface area contributed by atoms with Gasteiger partial charge in [0, 0.05) is 50.6 Å². The van der Waals surface area contributed by atoms with Crippen LogP contribution in [-0.2, 0) is 4.79 Å². The highest BCUT2D eigenvalue weighted by Gasteiger charge is 2.24. The summed E-state index contributed by atoms with van der Waals surface area (Å²) >= 11 is 0. The van der Waals surface area contributed by atoms with Crippen LogP contribution >= 0.6 is 0 Å². The van der Waals surface area contributed by atoms with Crippen molar-refractivity contribution in [3.8, 4) is 0 Å². The Kier molecular flexibility index (Phi) is 5.49. The first-order chi connectivity index (χ1) is 12.9. The van der Waals surface area contributed by atoms with Gasteiger partial charge in [0.2, 0.25) is 5.91 Å². The molecule has 3 amide bonds. The van der Waals surface area contributed by atoms with Crippen molar-refractivity contribution < 1.29 is 14.4 Å². The number of piperazine rings is 1. The molecule has 1 saturated heterocycles. The van der Waals surface area contributed by atoms with E-state index in [0.29, 0.717) is 37.4 Å². The van der Waals surface area contributed by atoms with Crippen LogP contribution in [0.15, 0.2) is 42.6 Å². The Morgan fingerprint density at radius 3 is 2.37 bits per heavy atom. The Hall–Kier alpha value is -3.22. The van der Waals surface area contributed by atoms with Gasteiger partial charge in [0.1, 0.15) is 5.69 Å². The monoisotopic (exact) mass is 366 g/mol. The first-order valence-corrected chi connectivity index (χ1v) is 8.83. The number of anilines is 1. The van der Waals surface area contributed by atoms with E-state index in [9.17, 15) is 14.4 Å². The summed E-state index contributed by atoms with van der Waals surface area (Å²) in [6.07, 6.45) is 1.46. The van der Waals surface area contributed by atoms with Crippen molar-refractivity contribution in [2.24, 2.45) is 0 Å². The smallest absolute Gasteiger partial charge is 0.272 e. The topological polar surface area (TPSA) is 82.6 Å². The van der Waals surface area contributed by atoms with Gasteiger partial charge in [0.15, 0.2) is 0 Å². The highest BCUT2D eigenvalue weighted by atomic mass is 16.2. The summed E-state index contributed by atoms with van der Waals surface area (Å²) in [5, 5.41) is 2.83. The molecule has 0 bridgehead atoms. The Morgan fingerprint density at radius 1 is 1.00 bits per heavy atom. The molecule has 1 N–H and O–H groups in total. The molecule has 1 fully saturated rings. The Bertz CT molecular complexity index is 873. The van der Waals surface area contributed by atoms with Crippen molar-refractivity contribution >= 4 is 23.4 Å². The number of nitrogens with one attached hydrogen (secondary N) is 1. The number of rotatable bonds is 3. The van der Waals surface area contributed by atoms with Crippen molar-refractivity contribution in [1.29, 1.82) is 0 Å². The molecule has 2 aromatic rings. The molecule has 1 aromatic heterocycles. The predicted molar refractivity (Wildman–Crippen MR) is 102 cm³/mol. The van der Waals surface area contributed by atoms with Gasteiger partial charge >= 0.3 is 0 Å². The van der Waals surface area contributed by atoms with E-state index in [0.717, 1.165) is 5.56 Å². The molecule has 7 nitrogen and oxygen atoms in total. The summed E-state index contributed by atoms with van der Waals surface area (Å²) in [5.41, 5.74) is 2.34. The van der Waals surface area contributed by atoms with Gasteiger partial charge < -0.3 is 15.1 Å². The normalized spacial score (nSPS) is 14.0. The maximum Gasteiger partial charge on any atom is 0.272 e. The van der Waals surface area contributed by atoms with Crippen LogP contribution < -0.4 is 5.32 Å². The van der Waals surface area contributed by atoms with E-state index in [4.69, 9.17) is 0 Å². The summed E-state index contributed by atoms with van der Waals surface area (Å²) in [5.74, 6) is -0.517. The molecule has 1 aliphatic rings. The molecule has 3 rings (SSSR count). The van der Waals surface area contributed by atoms with Crippen LogP contribution in [0.4, 0.5) is 5.69 Å². The van der Waals surface area contributed by atoms with E-state index in [1.54, 1.807) is 15.9 Å². The van der Waals surface area contributed by atoms with E-state index in [1.165, 1.54) is 19.2 Å². The number of aryl methyl sites for hydroxylation is 1. The highest BCUT2D eigenvalue weighted by Crippen LogP contribution is 2.13. The van der Waals surface area contributed by atoms with Crippen LogP contribution in [0.3, 0.4) is 0 Å². The molecule has 0 aliphatic carbocycles. The minimum Gasteiger partial charge on any atom is -0.339 e. The molecule has 0 radical (unpaired) electrons. The molecule has 1 aliphatic heterocycles. The zero-order valence-corrected chi connectivity index (χ0v) is 15.4. The molecule has 0 spiro atoms. The first-order valence-electron chi connectivity index (χ1n) is 8.83. The number of hydrogen-bond acceptors (Lipinski definition) is 4. The Morgan fingerprint density at radius 2 is 1.70 bits per heavy atom. The van der Waals surface area contributed by atoms with Gasteiger partial charge in [0.05, 0.1) is 0 Å². The van der Waals surface area contributed by atoms with Gasteiger partial charge in [-0.25, -0.2) is 0 Å². The van der Waals surface area contributed by atoms with Crippen LogP contribution in [0.2, 0.25) is 0 Å². The average Bonchev–Trinajstić information content (AvgIpc) is 2.67. The summed E-state index contributed by atoms with van der Waals surface area (Å²) in [7, 11) is 0. The second kappa shape index (κ2) is 7.99. The van der Waals surface area contributed by atoms with Gasteiger partial charge in [-0.3, -0.25) is 19.4 Å². The third-order valence-electron chi connectivity index (χ3n) is 4.53. The van der Waals surface area contributed by atoms with Crippen molar-refractivity contribution in [2.75, 3.05) is 31.5 Å². The van der Waals surface area contributed by atoms with Crippen LogP contribution in [0, 0.1) is 6.92 Å². The molecular formula is C20H22N4O3. The Labute approximate surface area is 158 Å². The lowest BCUT2D eigenvalue weighted by Gasteiger charge is -2.34. The second-order valence-corrected chi connectivity index (χ2v) is 6.55. The van der Waals surface area contributed by atoms with Gasteiger partial charge in [-0.15, -0.1) is 0 Å². The number of nitrogens with zero attached hydrogens (tertiary/aromatic N) is 3. The molecule has 140 valence electrons. The number of carbonyl (C=O) groups excluding carboxylic acids is 3. The van der Waals surface area contributed by atoms with Crippen LogP contribution in [0.5, 0.6) is 0 Å². The van der Waals surface area contributed by atoms with Gasteiger partial charge in [-0.05, 0) is 36.8 Å². The van der Waals surface area contributed by atoms with Crippen molar-refractivity contribution in [3.05, 3.63) is 59.4 Å². The summed E-state index contributed by atoms with van der Waals surface area (Å²) in [6.45, 7) is 5.41. The zero-order valence-electron chi connectivity index (χ0n) is 15.4. The van der Waals surface area contributed by atoms with Gasteiger partial charge in [-0.1, -0.05) is 12.1 Å². The van der Waals surface area contributed by atoms with Crippen molar-refractivity contribution in [1.82, 2.24) is 14.8 Å². The first kappa shape index (κ1) is 18.6. The third kappa shape index (κ3) is 4.49. The molecule has 27 heavy (non-hydrogen) atoms. The van der Waals surface area contributed by atoms with Crippen molar-refractivity contribution in [2.45, 2.75) is 13.8 Å². The number of hydrogen-bond donors (Lipinski definition) is 1. The van der Waals surface area contributed by atoms with Crippen LogP contribution in [-0.4, -0.2) is 58.7 Å². The second-order valence-electron chi connectivity index (χ2n) is 6.55. The van der Waals surface area contributed by atoms with Crippen LogP contribution in [0.1, 0.15) is 33.3 Å². The molecule has 0 atom stereocenters. The largest absolute Gasteiger partial charge is 0.339 e. The number of amides is 3. The van der Waals surface area contributed by atoms with E-state index < -0.39 is 0 Å². The third-order valence-corrected chi connectivity index (χ3v) is 4.53. The fraction of sp³-hybridized carbons (Fsp3) is 0.300. The van der Waals surface area contributed by atoms with Crippen molar-refractivity contribution in [3.63, 3.8) is 0 Å². The number of aromatic nitrogens is 1. The lowest BCUT2D eigenvalue weighted by molar-refractivity contribution is -0.130. The van der Waals surface area contributed by atoms with Crippen LogP contribution in [0.25, 0.3) is 0 Å². The van der Waals surface area contributed by atoms with E-state index >= 15 is 0 Å². The van der Waals surface area contributed by atoms with E-state index in [2.05, 4.69) is 10.3 Å². The molecule has 1 aromatic carbocycles.